The summed E-state index contributed by atoms with van der Waals surface area (Å²) >= 11 is 0. The van der Waals surface area contributed by atoms with Crippen LogP contribution in [0.25, 0.3) is 0 Å². The molecule has 1 aromatic carbocycles. The first-order valence-electron chi connectivity index (χ1n) is 9.31. The molecule has 2 aromatic rings. The van der Waals surface area contributed by atoms with Crippen LogP contribution in [0, 0.1) is 5.92 Å². The maximum atomic E-state index is 13.0. The summed E-state index contributed by atoms with van der Waals surface area (Å²) in [5.41, 5.74) is 1.84. The van der Waals surface area contributed by atoms with Crippen LogP contribution in [-0.2, 0) is 11.3 Å². The highest BCUT2D eigenvalue weighted by Gasteiger charge is 2.22. The zero-order valence-corrected chi connectivity index (χ0v) is 15.6. The van der Waals surface area contributed by atoms with Gasteiger partial charge in [0.25, 0.3) is 11.7 Å². The predicted octanol–water partition coefficient (Wildman–Crippen LogP) is 2.64. The molecule has 1 aliphatic rings. The Balaban J connectivity index is 1.73. The Morgan fingerprint density at radius 3 is 2.50 bits per heavy atom. The second-order valence-electron chi connectivity index (χ2n) is 7.13. The van der Waals surface area contributed by atoms with E-state index in [1.807, 2.05) is 41.4 Å². The molecule has 0 bridgehead atoms. The zero-order chi connectivity index (χ0) is 18.4. The SMILES string of the molecule is CC(C)CN(Cc1ccccc1)C(=O)c1ccc(N2CCOCC2)[nH+]c1. The van der Waals surface area contributed by atoms with Crippen LogP contribution in [0.5, 0.6) is 0 Å². The van der Waals surface area contributed by atoms with Gasteiger partial charge < -0.3 is 9.64 Å². The second-order valence-corrected chi connectivity index (χ2v) is 7.13. The number of H-pyrrole nitrogens is 1. The smallest absolute Gasteiger partial charge is 0.274 e. The van der Waals surface area contributed by atoms with Crippen LogP contribution in [0.15, 0.2) is 48.7 Å². The molecule has 0 saturated carbocycles. The van der Waals surface area contributed by atoms with Crippen molar-refractivity contribution in [3.63, 3.8) is 0 Å². The van der Waals surface area contributed by atoms with Crippen molar-refractivity contribution in [1.82, 2.24) is 4.90 Å². The third-order valence-electron chi connectivity index (χ3n) is 4.48. The molecule has 5 nitrogen and oxygen atoms in total. The normalized spacial score (nSPS) is 14.5. The van der Waals surface area contributed by atoms with Crippen molar-refractivity contribution >= 4 is 11.7 Å². The number of nitrogens with one attached hydrogen (secondary N) is 1. The number of benzene rings is 1. The van der Waals surface area contributed by atoms with Gasteiger partial charge >= 0.3 is 0 Å². The zero-order valence-electron chi connectivity index (χ0n) is 15.6. The average molecular weight is 354 g/mol. The number of carbonyl (C=O) groups excluding carboxylic acids is 1. The van der Waals surface area contributed by atoms with Crippen molar-refractivity contribution in [3.8, 4) is 0 Å². The molecule has 1 aliphatic heterocycles. The van der Waals surface area contributed by atoms with Gasteiger partial charge in [0.15, 0.2) is 0 Å². The van der Waals surface area contributed by atoms with Crippen molar-refractivity contribution in [1.29, 1.82) is 0 Å². The minimum Gasteiger partial charge on any atom is -0.373 e. The lowest BCUT2D eigenvalue weighted by Gasteiger charge is -2.25. The van der Waals surface area contributed by atoms with E-state index in [0.29, 0.717) is 18.0 Å². The van der Waals surface area contributed by atoms with Crippen molar-refractivity contribution in [2.24, 2.45) is 5.92 Å². The Morgan fingerprint density at radius 2 is 1.88 bits per heavy atom. The van der Waals surface area contributed by atoms with E-state index in [9.17, 15) is 4.79 Å². The number of amides is 1. The lowest BCUT2D eigenvalue weighted by atomic mass is 10.1. The predicted molar refractivity (Wildman–Crippen MR) is 102 cm³/mol. The van der Waals surface area contributed by atoms with Crippen molar-refractivity contribution in [2.45, 2.75) is 20.4 Å². The highest BCUT2D eigenvalue weighted by Crippen LogP contribution is 2.14. The van der Waals surface area contributed by atoms with Crippen LogP contribution in [0.3, 0.4) is 0 Å². The first-order chi connectivity index (χ1) is 12.6. The van der Waals surface area contributed by atoms with Gasteiger partial charge in [0.2, 0.25) is 0 Å². The summed E-state index contributed by atoms with van der Waals surface area (Å²) in [5, 5.41) is 0. The van der Waals surface area contributed by atoms with E-state index in [0.717, 1.165) is 44.2 Å². The third kappa shape index (κ3) is 4.82. The number of anilines is 1. The third-order valence-corrected chi connectivity index (χ3v) is 4.48. The number of pyridine rings is 1. The highest BCUT2D eigenvalue weighted by atomic mass is 16.5. The molecule has 0 aliphatic carbocycles. The molecule has 5 heteroatoms. The fraction of sp³-hybridized carbons (Fsp3) is 0.429. The van der Waals surface area contributed by atoms with Gasteiger partial charge in [-0.25, -0.2) is 4.98 Å². The van der Waals surface area contributed by atoms with Gasteiger partial charge in [-0.15, -0.1) is 0 Å². The van der Waals surface area contributed by atoms with Gasteiger partial charge in [0.1, 0.15) is 19.3 Å². The van der Waals surface area contributed by atoms with E-state index in [1.165, 1.54) is 0 Å². The standard InChI is InChI=1S/C21H27N3O2/c1-17(2)15-24(16-18-6-4-3-5-7-18)21(25)19-8-9-20(22-14-19)23-10-12-26-13-11-23/h3-9,14,17H,10-13,15-16H2,1-2H3/p+1. The summed E-state index contributed by atoms with van der Waals surface area (Å²) in [7, 11) is 0. The first kappa shape index (κ1) is 18.4. The number of nitrogens with zero attached hydrogens (tertiary/aromatic N) is 2. The van der Waals surface area contributed by atoms with Crippen molar-refractivity contribution < 1.29 is 14.5 Å². The molecule has 0 spiro atoms. The molecule has 2 heterocycles. The highest BCUT2D eigenvalue weighted by molar-refractivity contribution is 5.93. The lowest BCUT2D eigenvalue weighted by Crippen LogP contribution is -2.39. The van der Waals surface area contributed by atoms with E-state index >= 15 is 0 Å². The molecule has 1 amide bonds. The minimum atomic E-state index is 0.0623. The number of aromatic amines is 1. The summed E-state index contributed by atoms with van der Waals surface area (Å²) in [6.07, 6.45) is 1.82. The molecular weight excluding hydrogens is 326 g/mol. The number of aromatic nitrogens is 1. The topological polar surface area (TPSA) is 46.9 Å². The van der Waals surface area contributed by atoms with E-state index in [2.05, 4.69) is 35.9 Å². The van der Waals surface area contributed by atoms with Gasteiger partial charge in [-0.2, -0.15) is 0 Å². The molecule has 0 atom stereocenters. The summed E-state index contributed by atoms with van der Waals surface area (Å²) < 4.78 is 5.39. The maximum Gasteiger partial charge on any atom is 0.274 e. The summed E-state index contributed by atoms with van der Waals surface area (Å²) in [6, 6.07) is 14.1. The van der Waals surface area contributed by atoms with Gasteiger partial charge in [-0.3, -0.25) is 9.69 Å². The summed E-state index contributed by atoms with van der Waals surface area (Å²) in [4.78, 5) is 20.5. The maximum absolute atomic E-state index is 13.0. The van der Waals surface area contributed by atoms with E-state index < -0.39 is 0 Å². The quantitative estimate of drug-likeness (QED) is 0.801. The Kier molecular flexibility index (Phi) is 6.23. The minimum absolute atomic E-state index is 0.0623. The van der Waals surface area contributed by atoms with Crippen LogP contribution in [-0.4, -0.2) is 43.7 Å². The molecule has 3 rings (SSSR count). The van der Waals surface area contributed by atoms with Crippen molar-refractivity contribution in [2.75, 3.05) is 37.7 Å². The second kappa shape index (κ2) is 8.81. The van der Waals surface area contributed by atoms with Crippen LogP contribution in [0.4, 0.5) is 5.82 Å². The number of ether oxygens (including phenoxy) is 1. The van der Waals surface area contributed by atoms with E-state index in [-0.39, 0.29) is 5.91 Å². The molecule has 138 valence electrons. The number of hydrogen-bond donors (Lipinski definition) is 0. The molecule has 0 radical (unpaired) electrons. The van der Waals surface area contributed by atoms with E-state index in [4.69, 9.17) is 4.74 Å². The summed E-state index contributed by atoms with van der Waals surface area (Å²) in [6.45, 7) is 8.87. The molecule has 1 aromatic heterocycles. The van der Waals surface area contributed by atoms with Crippen LogP contribution in [0.1, 0.15) is 29.8 Å². The molecular formula is C21H28N3O2+. The van der Waals surface area contributed by atoms with Crippen LogP contribution >= 0.6 is 0 Å². The largest absolute Gasteiger partial charge is 0.373 e. The molecule has 1 fully saturated rings. The average Bonchev–Trinajstić information content (AvgIpc) is 2.68. The lowest BCUT2D eigenvalue weighted by molar-refractivity contribution is -0.364. The van der Waals surface area contributed by atoms with Crippen molar-refractivity contribution in [3.05, 3.63) is 59.8 Å². The van der Waals surface area contributed by atoms with Gasteiger partial charge in [-0.1, -0.05) is 44.2 Å². The number of morpholine rings is 1. The monoisotopic (exact) mass is 354 g/mol. The number of rotatable bonds is 6. The van der Waals surface area contributed by atoms with Gasteiger partial charge in [0, 0.05) is 19.2 Å². The Morgan fingerprint density at radius 1 is 1.15 bits per heavy atom. The Labute approximate surface area is 155 Å². The van der Waals surface area contributed by atoms with Gasteiger partial charge in [0.05, 0.1) is 18.8 Å². The number of carbonyl (C=O) groups is 1. The Hall–Kier alpha value is -2.40. The molecule has 1 saturated heterocycles. The molecule has 0 unspecified atom stereocenters. The summed E-state index contributed by atoms with van der Waals surface area (Å²) in [5.74, 6) is 1.51. The number of hydrogen-bond acceptors (Lipinski definition) is 3. The molecule has 1 N–H and O–H groups in total. The first-order valence-corrected chi connectivity index (χ1v) is 9.31. The van der Waals surface area contributed by atoms with Crippen LogP contribution in [0.2, 0.25) is 0 Å². The van der Waals surface area contributed by atoms with E-state index in [1.54, 1.807) is 0 Å². The van der Waals surface area contributed by atoms with Crippen LogP contribution < -0.4 is 9.88 Å². The Bertz CT molecular complexity index is 695. The fourth-order valence-corrected chi connectivity index (χ4v) is 3.20. The molecule has 26 heavy (non-hydrogen) atoms. The van der Waals surface area contributed by atoms with Gasteiger partial charge in [-0.05, 0) is 17.5 Å². The fourth-order valence-electron chi connectivity index (χ4n) is 3.20.